The summed E-state index contributed by atoms with van der Waals surface area (Å²) in [4.78, 5) is 30.0. The molecule has 0 amide bonds. The third kappa shape index (κ3) is 5.23. The lowest BCUT2D eigenvalue weighted by molar-refractivity contribution is -0.131. The van der Waals surface area contributed by atoms with E-state index in [1.807, 2.05) is 67.7 Å². The Balaban J connectivity index is 1.45. The molecule has 0 atom stereocenters. The molecule has 3 aromatic carbocycles. The number of esters is 1. The Morgan fingerprint density at radius 3 is 2.55 bits per heavy atom. The van der Waals surface area contributed by atoms with Gasteiger partial charge in [0.15, 0.2) is 5.82 Å². The summed E-state index contributed by atoms with van der Waals surface area (Å²) in [5, 5.41) is 9.33. The number of rotatable bonds is 8. The van der Waals surface area contributed by atoms with Crippen molar-refractivity contribution in [3.05, 3.63) is 118 Å². The molecule has 208 valence electrons. The van der Waals surface area contributed by atoms with Gasteiger partial charge in [0.25, 0.3) is 5.56 Å². The van der Waals surface area contributed by atoms with E-state index < -0.39 is 5.97 Å². The van der Waals surface area contributed by atoms with Crippen molar-refractivity contribution in [3.63, 3.8) is 0 Å². The quantitative estimate of drug-likeness (QED) is 0.143. The van der Waals surface area contributed by atoms with Crippen molar-refractivity contribution < 1.29 is 14.3 Å². The van der Waals surface area contributed by atoms with Crippen LogP contribution in [0.3, 0.4) is 0 Å². The molecule has 0 unspecified atom stereocenters. The maximum absolute atomic E-state index is 13.5. The standard InChI is InChI=1S/C32H25N5O4S/c1-4-16-40-26-15-14-22(17-20(26)2)29-23(19-36(34-29)24-10-6-5-7-11-24)18-28-31(39)37-32(42-28)33-30(35-37)25-12-8-9-13-27(25)41-21(3)38/h4-15,17-19H,1,16H2,2-3H3/b28-18-. The summed E-state index contributed by atoms with van der Waals surface area (Å²) >= 11 is 1.22. The number of thiazole rings is 1. The van der Waals surface area contributed by atoms with Gasteiger partial charge in [0, 0.05) is 24.2 Å². The smallest absolute Gasteiger partial charge is 0.308 e. The number of para-hydroxylation sites is 2. The highest BCUT2D eigenvalue weighted by Crippen LogP contribution is 2.30. The minimum Gasteiger partial charge on any atom is -0.489 e. The van der Waals surface area contributed by atoms with Gasteiger partial charge in [-0.05, 0) is 61.0 Å². The molecule has 3 heterocycles. The van der Waals surface area contributed by atoms with E-state index in [0.717, 1.165) is 28.1 Å². The lowest BCUT2D eigenvalue weighted by Gasteiger charge is -2.08. The topological polar surface area (TPSA) is 101 Å². The third-order valence-electron chi connectivity index (χ3n) is 6.42. The average Bonchev–Trinajstić information content (AvgIpc) is 3.68. The van der Waals surface area contributed by atoms with E-state index in [1.54, 1.807) is 35.0 Å². The molecule has 0 aliphatic heterocycles. The number of carbonyl (C=O) groups excluding carboxylic acids is 1. The lowest BCUT2D eigenvalue weighted by Crippen LogP contribution is -2.23. The zero-order chi connectivity index (χ0) is 29.2. The van der Waals surface area contributed by atoms with Gasteiger partial charge in [-0.15, -0.1) is 5.10 Å². The second kappa shape index (κ2) is 11.3. The molecule has 42 heavy (non-hydrogen) atoms. The first-order valence-corrected chi connectivity index (χ1v) is 13.9. The van der Waals surface area contributed by atoms with Crippen molar-refractivity contribution in [1.82, 2.24) is 24.4 Å². The van der Waals surface area contributed by atoms with E-state index in [0.29, 0.717) is 38.9 Å². The minimum absolute atomic E-state index is 0.300. The number of carbonyl (C=O) groups is 1. The van der Waals surface area contributed by atoms with Gasteiger partial charge in [0.1, 0.15) is 23.8 Å². The minimum atomic E-state index is -0.453. The summed E-state index contributed by atoms with van der Waals surface area (Å²) in [6.07, 6.45) is 5.42. The van der Waals surface area contributed by atoms with E-state index in [9.17, 15) is 9.59 Å². The molecule has 0 aliphatic carbocycles. The van der Waals surface area contributed by atoms with Crippen LogP contribution in [0.15, 0.2) is 96.4 Å². The summed E-state index contributed by atoms with van der Waals surface area (Å²) in [5.74, 6) is 0.946. The Morgan fingerprint density at radius 2 is 1.81 bits per heavy atom. The van der Waals surface area contributed by atoms with Crippen molar-refractivity contribution in [2.75, 3.05) is 6.61 Å². The molecule has 10 heteroatoms. The van der Waals surface area contributed by atoms with Crippen molar-refractivity contribution in [2.24, 2.45) is 0 Å². The summed E-state index contributed by atoms with van der Waals surface area (Å²) in [7, 11) is 0. The summed E-state index contributed by atoms with van der Waals surface area (Å²) in [6.45, 7) is 7.43. The fraction of sp³-hybridized carbons (Fsp3) is 0.0938. The van der Waals surface area contributed by atoms with Crippen LogP contribution < -0.4 is 19.6 Å². The summed E-state index contributed by atoms with van der Waals surface area (Å²) in [5.41, 5.74) is 4.43. The van der Waals surface area contributed by atoms with Crippen LogP contribution in [-0.2, 0) is 4.79 Å². The fourth-order valence-electron chi connectivity index (χ4n) is 4.52. The summed E-state index contributed by atoms with van der Waals surface area (Å²) < 4.78 is 14.6. The molecule has 0 bridgehead atoms. The molecular weight excluding hydrogens is 550 g/mol. The van der Waals surface area contributed by atoms with Gasteiger partial charge in [0.2, 0.25) is 4.96 Å². The molecule has 3 aromatic heterocycles. The molecule has 0 N–H and O–H groups in total. The number of benzene rings is 3. The Bertz CT molecular complexity index is 2060. The first kappa shape index (κ1) is 26.9. The van der Waals surface area contributed by atoms with E-state index in [2.05, 4.69) is 16.7 Å². The summed E-state index contributed by atoms with van der Waals surface area (Å²) in [6, 6.07) is 22.6. The average molecular weight is 576 g/mol. The molecular formula is C32H25N5O4S. The van der Waals surface area contributed by atoms with Gasteiger partial charge in [-0.3, -0.25) is 9.59 Å². The second-order valence-corrected chi connectivity index (χ2v) is 10.4. The van der Waals surface area contributed by atoms with Crippen LogP contribution in [0.4, 0.5) is 0 Å². The number of aromatic nitrogens is 5. The van der Waals surface area contributed by atoms with Gasteiger partial charge in [-0.25, -0.2) is 4.68 Å². The van der Waals surface area contributed by atoms with Crippen LogP contribution in [0.1, 0.15) is 18.1 Å². The number of aryl methyl sites for hydroxylation is 1. The fourth-order valence-corrected chi connectivity index (χ4v) is 5.42. The Kier molecular flexibility index (Phi) is 7.20. The zero-order valence-electron chi connectivity index (χ0n) is 22.9. The van der Waals surface area contributed by atoms with Crippen molar-refractivity contribution >= 4 is 28.3 Å². The normalized spacial score (nSPS) is 11.6. The Morgan fingerprint density at radius 1 is 1.02 bits per heavy atom. The SMILES string of the molecule is C=CCOc1ccc(-c2nn(-c3ccccc3)cc2/C=c2\sc3nc(-c4ccccc4OC(C)=O)nn3c2=O)cc1C. The molecule has 6 rings (SSSR count). The van der Waals surface area contributed by atoms with Crippen LogP contribution in [-0.4, -0.2) is 37.0 Å². The highest BCUT2D eigenvalue weighted by molar-refractivity contribution is 7.15. The highest BCUT2D eigenvalue weighted by Gasteiger charge is 2.18. The van der Waals surface area contributed by atoms with Crippen LogP contribution in [0.2, 0.25) is 0 Å². The van der Waals surface area contributed by atoms with Gasteiger partial charge >= 0.3 is 5.97 Å². The van der Waals surface area contributed by atoms with Crippen molar-refractivity contribution in [2.45, 2.75) is 13.8 Å². The first-order chi connectivity index (χ1) is 20.4. The number of nitrogens with zero attached hydrogens (tertiary/aromatic N) is 5. The lowest BCUT2D eigenvalue weighted by atomic mass is 10.0. The number of hydrogen-bond donors (Lipinski definition) is 0. The molecule has 9 nitrogen and oxygen atoms in total. The largest absolute Gasteiger partial charge is 0.489 e. The van der Waals surface area contributed by atoms with E-state index in [-0.39, 0.29) is 5.56 Å². The molecule has 0 fully saturated rings. The van der Waals surface area contributed by atoms with Crippen molar-refractivity contribution in [3.8, 4) is 39.8 Å². The molecule has 0 aliphatic rings. The third-order valence-corrected chi connectivity index (χ3v) is 7.38. The monoisotopic (exact) mass is 575 g/mol. The predicted octanol–water partition coefficient (Wildman–Crippen LogP) is 5.02. The van der Waals surface area contributed by atoms with Gasteiger partial charge < -0.3 is 9.47 Å². The van der Waals surface area contributed by atoms with Crippen LogP contribution in [0.25, 0.3) is 39.4 Å². The molecule has 0 saturated heterocycles. The zero-order valence-corrected chi connectivity index (χ0v) is 23.7. The van der Waals surface area contributed by atoms with E-state index >= 15 is 0 Å². The van der Waals surface area contributed by atoms with Gasteiger partial charge in [-0.2, -0.15) is 14.6 Å². The first-order valence-electron chi connectivity index (χ1n) is 13.1. The number of ether oxygens (including phenoxy) is 2. The molecule has 0 saturated carbocycles. The van der Waals surface area contributed by atoms with Crippen LogP contribution in [0, 0.1) is 6.92 Å². The maximum atomic E-state index is 13.5. The Labute approximate surface area is 244 Å². The predicted molar refractivity (Wildman–Crippen MR) is 162 cm³/mol. The van der Waals surface area contributed by atoms with Gasteiger partial charge in [0.05, 0.1) is 15.8 Å². The Hall–Kier alpha value is -5.35. The van der Waals surface area contributed by atoms with Crippen molar-refractivity contribution in [1.29, 1.82) is 0 Å². The molecule has 0 spiro atoms. The van der Waals surface area contributed by atoms with Crippen LogP contribution in [0.5, 0.6) is 11.5 Å². The van der Waals surface area contributed by atoms with Crippen LogP contribution >= 0.6 is 11.3 Å². The number of hydrogen-bond acceptors (Lipinski definition) is 8. The van der Waals surface area contributed by atoms with E-state index in [1.165, 1.54) is 22.8 Å². The van der Waals surface area contributed by atoms with E-state index in [4.69, 9.17) is 14.6 Å². The molecule has 0 radical (unpaired) electrons. The van der Waals surface area contributed by atoms with Gasteiger partial charge in [-0.1, -0.05) is 54.3 Å². The number of fused-ring (bicyclic) bond motifs is 1. The maximum Gasteiger partial charge on any atom is 0.308 e. The second-order valence-electron chi connectivity index (χ2n) is 9.43. The highest BCUT2D eigenvalue weighted by atomic mass is 32.1. The molecule has 6 aromatic rings.